The minimum atomic E-state index is -0.348. The fourth-order valence-electron chi connectivity index (χ4n) is 3.12. The Bertz CT molecular complexity index is 935. The van der Waals surface area contributed by atoms with Crippen LogP contribution >= 0.6 is 27.3 Å². The quantitative estimate of drug-likeness (QED) is 0.711. The van der Waals surface area contributed by atoms with Gasteiger partial charge in [-0.1, -0.05) is 34.1 Å². The van der Waals surface area contributed by atoms with Gasteiger partial charge in [-0.25, -0.2) is 4.79 Å². The van der Waals surface area contributed by atoms with Crippen molar-refractivity contribution in [2.24, 2.45) is 0 Å². The minimum Gasteiger partial charge on any atom is -0.450 e. The van der Waals surface area contributed by atoms with E-state index in [1.54, 1.807) is 11.8 Å². The summed E-state index contributed by atoms with van der Waals surface area (Å²) in [6, 6.07) is 10.0. The van der Waals surface area contributed by atoms with E-state index in [2.05, 4.69) is 27.3 Å². The Morgan fingerprint density at radius 1 is 1.39 bits per heavy atom. The molecular weight excluding hydrogens is 442 g/mol. The van der Waals surface area contributed by atoms with E-state index in [4.69, 9.17) is 4.74 Å². The van der Waals surface area contributed by atoms with E-state index in [9.17, 15) is 14.9 Å². The third-order valence-corrected chi connectivity index (χ3v) is 6.43. The molecular formula is C20H20BrN3O3S. The van der Waals surface area contributed by atoms with Crippen LogP contribution in [0.2, 0.25) is 0 Å². The molecule has 1 N–H and O–H groups in total. The third-order valence-electron chi connectivity index (χ3n) is 4.53. The van der Waals surface area contributed by atoms with Crippen LogP contribution in [-0.4, -0.2) is 30.1 Å². The summed E-state index contributed by atoms with van der Waals surface area (Å²) in [5.41, 5.74) is 2.50. The number of aryl methyl sites for hydroxylation is 1. The average molecular weight is 462 g/mol. The highest BCUT2D eigenvalue weighted by atomic mass is 79.9. The zero-order valence-electron chi connectivity index (χ0n) is 15.5. The number of fused-ring (bicyclic) bond motifs is 1. The van der Waals surface area contributed by atoms with Crippen LogP contribution < -0.4 is 5.32 Å². The molecule has 28 heavy (non-hydrogen) atoms. The van der Waals surface area contributed by atoms with Gasteiger partial charge in [0, 0.05) is 22.3 Å². The van der Waals surface area contributed by atoms with E-state index in [1.165, 1.54) is 11.3 Å². The number of nitrogens with one attached hydrogen (secondary N) is 1. The number of anilines is 1. The van der Waals surface area contributed by atoms with Gasteiger partial charge in [-0.15, -0.1) is 11.3 Å². The zero-order valence-corrected chi connectivity index (χ0v) is 17.9. The number of carbonyl (C=O) groups is 2. The molecule has 0 atom stereocenters. The first-order chi connectivity index (χ1) is 13.5. The molecule has 146 valence electrons. The van der Waals surface area contributed by atoms with Gasteiger partial charge in [-0.05, 0) is 37.0 Å². The van der Waals surface area contributed by atoms with Crippen LogP contribution in [0, 0.1) is 11.3 Å². The molecule has 1 aliphatic heterocycles. The third kappa shape index (κ3) is 4.54. The molecule has 0 bridgehead atoms. The van der Waals surface area contributed by atoms with E-state index in [-0.39, 0.29) is 12.0 Å². The molecule has 1 aromatic carbocycles. The maximum absolute atomic E-state index is 12.4. The monoisotopic (exact) mass is 461 g/mol. The lowest BCUT2D eigenvalue weighted by atomic mass is 10.0. The lowest BCUT2D eigenvalue weighted by molar-refractivity contribution is -0.116. The number of rotatable bonds is 5. The molecule has 0 aliphatic carbocycles. The molecule has 3 rings (SSSR count). The van der Waals surface area contributed by atoms with Gasteiger partial charge in [0.1, 0.15) is 11.1 Å². The van der Waals surface area contributed by atoms with Crippen LogP contribution in [0.1, 0.15) is 34.9 Å². The summed E-state index contributed by atoms with van der Waals surface area (Å²) in [4.78, 5) is 26.9. The molecule has 2 aromatic rings. The first-order valence-electron chi connectivity index (χ1n) is 9.03. The average Bonchev–Trinajstić information content (AvgIpc) is 3.03. The normalized spacial score (nSPS) is 12.8. The Balaban J connectivity index is 1.68. The second kappa shape index (κ2) is 9.22. The summed E-state index contributed by atoms with van der Waals surface area (Å²) in [6.07, 6.45) is 1.17. The lowest BCUT2D eigenvalue weighted by Crippen LogP contribution is -2.35. The number of halogens is 1. The molecule has 2 amide bonds. The standard InChI is InChI=1S/C20H20BrN3O3S/c1-2-27-20(26)24-10-9-14-15(11-22)19(28-17(14)12-24)23-18(25)8-7-13-5-3-4-6-16(13)21/h3-6H,2,7-10,12H2,1H3,(H,23,25). The fraction of sp³-hybridized carbons (Fsp3) is 0.350. The number of amides is 2. The topological polar surface area (TPSA) is 82.4 Å². The van der Waals surface area contributed by atoms with Crippen molar-refractivity contribution in [3.63, 3.8) is 0 Å². The van der Waals surface area contributed by atoms with Crippen molar-refractivity contribution in [2.75, 3.05) is 18.5 Å². The van der Waals surface area contributed by atoms with Crippen LogP contribution in [0.5, 0.6) is 0 Å². The molecule has 0 fully saturated rings. The van der Waals surface area contributed by atoms with Gasteiger partial charge in [-0.3, -0.25) is 4.79 Å². The molecule has 1 aromatic heterocycles. The minimum absolute atomic E-state index is 0.131. The van der Waals surface area contributed by atoms with Crippen LogP contribution in [0.4, 0.5) is 9.80 Å². The van der Waals surface area contributed by atoms with Gasteiger partial charge in [0.05, 0.1) is 18.7 Å². The first-order valence-corrected chi connectivity index (χ1v) is 10.6. The summed E-state index contributed by atoms with van der Waals surface area (Å²) in [7, 11) is 0. The molecule has 0 unspecified atom stereocenters. The molecule has 0 saturated heterocycles. The largest absolute Gasteiger partial charge is 0.450 e. The number of thiophene rings is 1. The summed E-state index contributed by atoms with van der Waals surface area (Å²) < 4.78 is 6.04. The lowest BCUT2D eigenvalue weighted by Gasteiger charge is -2.25. The Morgan fingerprint density at radius 2 is 2.18 bits per heavy atom. The number of benzene rings is 1. The SMILES string of the molecule is CCOC(=O)N1CCc2c(sc(NC(=O)CCc3ccccc3Br)c2C#N)C1. The van der Waals surface area contributed by atoms with Gasteiger partial charge in [0.2, 0.25) is 5.91 Å². The van der Waals surface area contributed by atoms with E-state index in [0.717, 1.165) is 20.5 Å². The maximum Gasteiger partial charge on any atom is 0.410 e. The number of ether oxygens (including phenoxy) is 1. The number of carbonyl (C=O) groups excluding carboxylic acids is 2. The van der Waals surface area contributed by atoms with E-state index in [0.29, 0.717) is 49.5 Å². The van der Waals surface area contributed by atoms with E-state index in [1.807, 2.05) is 24.3 Å². The smallest absolute Gasteiger partial charge is 0.410 e. The molecule has 6 nitrogen and oxygen atoms in total. The second-order valence-corrected chi connectivity index (χ2v) is 8.29. The Hall–Kier alpha value is -2.37. The Morgan fingerprint density at radius 3 is 2.89 bits per heavy atom. The van der Waals surface area contributed by atoms with Crippen molar-refractivity contribution in [1.29, 1.82) is 5.26 Å². The molecule has 1 aliphatic rings. The number of nitriles is 1. The van der Waals surface area contributed by atoms with Crippen LogP contribution in [0.3, 0.4) is 0 Å². The van der Waals surface area contributed by atoms with Crippen molar-refractivity contribution in [1.82, 2.24) is 4.90 Å². The van der Waals surface area contributed by atoms with Crippen LogP contribution in [0.25, 0.3) is 0 Å². The van der Waals surface area contributed by atoms with E-state index < -0.39 is 0 Å². The highest BCUT2D eigenvalue weighted by molar-refractivity contribution is 9.10. The van der Waals surface area contributed by atoms with Crippen molar-refractivity contribution < 1.29 is 14.3 Å². The van der Waals surface area contributed by atoms with Crippen molar-refractivity contribution in [3.8, 4) is 6.07 Å². The summed E-state index contributed by atoms with van der Waals surface area (Å²) >= 11 is 4.85. The van der Waals surface area contributed by atoms with Gasteiger partial charge >= 0.3 is 6.09 Å². The molecule has 0 spiro atoms. The zero-order chi connectivity index (χ0) is 20.1. The number of nitrogens with zero attached hydrogens (tertiary/aromatic N) is 2. The highest BCUT2D eigenvalue weighted by Gasteiger charge is 2.28. The fourth-order valence-corrected chi connectivity index (χ4v) is 4.83. The Labute approximate surface area is 176 Å². The van der Waals surface area contributed by atoms with E-state index >= 15 is 0 Å². The van der Waals surface area contributed by atoms with Gasteiger partial charge in [-0.2, -0.15) is 5.26 Å². The summed E-state index contributed by atoms with van der Waals surface area (Å²) in [5, 5.41) is 13.0. The van der Waals surface area contributed by atoms with Crippen LogP contribution in [-0.2, 0) is 28.9 Å². The van der Waals surface area contributed by atoms with Crippen molar-refractivity contribution in [2.45, 2.75) is 32.7 Å². The molecule has 2 heterocycles. The maximum atomic E-state index is 12.4. The summed E-state index contributed by atoms with van der Waals surface area (Å²) in [6.45, 7) is 3.01. The first kappa shape index (κ1) is 20.4. The van der Waals surface area contributed by atoms with Gasteiger partial charge < -0.3 is 15.0 Å². The highest BCUT2D eigenvalue weighted by Crippen LogP contribution is 2.37. The van der Waals surface area contributed by atoms with Crippen LogP contribution in [0.15, 0.2) is 28.7 Å². The number of hydrogen-bond acceptors (Lipinski definition) is 5. The van der Waals surface area contributed by atoms with Crippen molar-refractivity contribution in [3.05, 3.63) is 50.3 Å². The Kier molecular flexibility index (Phi) is 6.70. The summed E-state index contributed by atoms with van der Waals surface area (Å²) in [5.74, 6) is -0.131. The molecule has 0 saturated carbocycles. The predicted molar refractivity (Wildman–Crippen MR) is 111 cm³/mol. The van der Waals surface area contributed by atoms with Crippen molar-refractivity contribution >= 4 is 44.3 Å². The second-order valence-electron chi connectivity index (χ2n) is 6.33. The van der Waals surface area contributed by atoms with Gasteiger partial charge in [0.25, 0.3) is 0 Å². The molecule has 8 heteroatoms. The van der Waals surface area contributed by atoms with Gasteiger partial charge in [0.15, 0.2) is 0 Å². The molecule has 0 radical (unpaired) electrons. The predicted octanol–water partition coefficient (Wildman–Crippen LogP) is 4.47. The number of hydrogen-bond donors (Lipinski definition) is 1.